The van der Waals surface area contributed by atoms with Gasteiger partial charge in [-0.05, 0) is 0 Å². The first-order chi connectivity index (χ1) is 14.5. The molecule has 0 aliphatic carbocycles. The monoisotopic (exact) mass is 498 g/mol. The van der Waals surface area contributed by atoms with Crippen molar-refractivity contribution < 1.29 is 43.5 Å². The Morgan fingerprint density at radius 2 is 1.97 bits per heavy atom. The van der Waals surface area contributed by atoms with Gasteiger partial charge in [0.2, 0.25) is 3.79 Å². The number of benzene rings is 1. The molecule has 2 aliphatic heterocycles. The van der Waals surface area contributed by atoms with Crippen molar-refractivity contribution >= 4 is 46.9 Å². The van der Waals surface area contributed by atoms with Gasteiger partial charge in [0, 0.05) is 18.8 Å². The first-order valence-electron chi connectivity index (χ1n) is 9.04. The number of carbonyl (C=O) groups is 2. The summed E-state index contributed by atoms with van der Waals surface area (Å²) >= 11 is 16.6. The lowest BCUT2D eigenvalue weighted by molar-refractivity contribution is -0.560. The number of carbonyl (C=O) groups excluding carboxylic acids is 2. The van der Waals surface area contributed by atoms with E-state index in [2.05, 4.69) is 0 Å². The summed E-state index contributed by atoms with van der Waals surface area (Å²) in [6.07, 6.45) is -8.27. The predicted octanol–water partition coefficient (Wildman–Crippen LogP) is 0.902. The second-order valence-electron chi connectivity index (χ2n) is 6.85. The van der Waals surface area contributed by atoms with E-state index in [0.29, 0.717) is 5.56 Å². The predicted molar refractivity (Wildman–Crippen MR) is 104 cm³/mol. The summed E-state index contributed by atoms with van der Waals surface area (Å²) in [6, 6.07) is 8.81. The van der Waals surface area contributed by atoms with Crippen molar-refractivity contribution in [2.45, 2.75) is 47.3 Å². The molecule has 0 bridgehead atoms. The van der Waals surface area contributed by atoms with Gasteiger partial charge in [0.1, 0.15) is 18.8 Å². The smallest absolute Gasteiger partial charge is 0.409 e. The van der Waals surface area contributed by atoms with Gasteiger partial charge in [-0.3, -0.25) is 10.1 Å². The maximum Gasteiger partial charge on any atom is 0.409 e. The van der Waals surface area contributed by atoms with Crippen LogP contribution in [0.15, 0.2) is 30.3 Å². The van der Waals surface area contributed by atoms with Crippen molar-refractivity contribution in [1.29, 1.82) is 0 Å². The fraction of sp³-hybridized carbons (Fsp3) is 0.556. The third-order valence-corrected chi connectivity index (χ3v) is 4.81. The first kappa shape index (κ1) is 24.3. The minimum atomic E-state index is -2.75. The SMILES string of the molecule is CC(=O)O[C@H]1[C@@H]2OC(c3ccccc3)OC[C@H]2O[C@@H]([O-])[C@@]1(O)NC(=O)OCC(Cl)(Cl)Cl. The molecule has 13 heteroatoms. The molecule has 6 atom stereocenters. The topological polar surface area (TPSA) is 136 Å². The minimum Gasteiger partial charge on any atom is -0.827 e. The standard InChI is InChI=1S/C18H19Cl3NO9/c1-9(23)29-13-12-11(7-27-14(31-12)10-5-3-2-4-6-10)30-15(24)18(13,26)22-16(25)28-8-17(19,20)21/h2-6,11-15,26H,7-8H2,1H3,(H,22,25)/q-1/t11-,12-,13+,14?,15-,18-/m1/s1. The zero-order chi connectivity index (χ0) is 22.8. The van der Waals surface area contributed by atoms with Crippen LogP contribution in [0.2, 0.25) is 0 Å². The maximum absolute atomic E-state index is 12.6. The molecule has 10 nitrogen and oxygen atoms in total. The zero-order valence-corrected chi connectivity index (χ0v) is 18.3. The average Bonchev–Trinajstić information content (AvgIpc) is 2.70. The molecule has 1 amide bonds. The summed E-state index contributed by atoms with van der Waals surface area (Å²) in [6.45, 7) is 0.309. The van der Waals surface area contributed by atoms with E-state index in [9.17, 15) is 19.8 Å². The zero-order valence-electron chi connectivity index (χ0n) is 16.0. The van der Waals surface area contributed by atoms with Crippen molar-refractivity contribution in [3.63, 3.8) is 0 Å². The lowest BCUT2D eigenvalue weighted by Crippen LogP contribution is -2.78. The van der Waals surface area contributed by atoms with Crippen LogP contribution in [0.4, 0.5) is 4.79 Å². The van der Waals surface area contributed by atoms with Crippen LogP contribution in [-0.2, 0) is 28.5 Å². The number of hydrogen-bond acceptors (Lipinski definition) is 9. The van der Waals surface area contributed by atoms with Crippen LogP contribution in [0.1, 0.15) is 18.8 Å². The highest BCUT2D eigenvalue weighted by atomic mass is 35.6. The third-order valence-electron chi connectivity index (χ3n) is 4.48. The molecular weight excluding hydrogens is 481 g/mol. The summed E-state index contributed by atoms with van der Waals surface area (Å²) in [5.41, 5.74) is -2.11. The van der Waals surface area contributed by atoms with Crippen LogP contribution in [0, 0.1) is 0 Å². The molecule has 2 N–H and O–H groups in total. The number of alkyl carbamates (subject to hydrolysis) is 1. The number of esters is 1. The van der Waals surface area contributed by atoms with Gasteiger partial charge in [0.05, 0.1) is 6.61 Å². The number of amides is 1. The quantitative estimate of drug-likeness (QED) is 0.352. The van der Waals surface area contributed by atoms with E-state index in [1.54, 1.807) is 30.3 Å². The van der Waals surface area contributed by atoms with Crippen molar-refractivity contribution in [2.24, 2.45) is 0 Å². The molecule has 2 aliphatic rings. The summed E-state index contributed by atoms with van der Waals surface area (Å²) in [5, 5.41) is 25.6. The number of alkyl halides is 3. The van der Waals surface area contributed by atoms with Crippen molar-refractivity contribution in [3.8, 4) is 0 Å². The molecule has 0 spiro atoms. The number of aliphatic hydroxyl groups is 1. The fourth-order valence-electron chi connectivity index (χ4n) is 3.17. The van der Waals surface area contributed by atoms with Crippen LogP contribution in [-0.4, -0.2) is 64.5 Å². The van der Waals surface area contributed by atoms with E-state index in [1.165, 1.54) is 0 Å². The average molecular weight is 500 g/mol. The summed E-state index contributed by atoms with van der Waals surface area (Å²) in [5.74, 6) is -0.834. The van der Waals surface area contributed by atoms with E-state index < -0.39 is 59.1 Å². The number of halogens is 3. The van der Waals surface area contributed by atoms with Gasteiger partial charge in [-0.1, -0.05) is 65.1 Å². The molecule has 0 radical (unpaired) electrons. The van der Waals surface area contributed by atoms with E-state index in [1.807, 2.05) is 5.32 Å². The fourth-order valence-corrected chi connectivity index (χ4v) is 3.34. The molecule has 172 valence electrons. The van der Waals surface area contributed by atoms with Crippen molar-refractivity contribution in [3.05, 3.63) is 35.9 Å². The van der Waals surface area contributed by atoms with E-state index >= 15 is 0 Å². The third kappa shape index (κ3) is 5.91. The van der Waals surface area contributed by atoms with Crippen LogP contribution in [0.25, 0.3) is 0 Å². The summed E-state index contributed by atoms with van der Waals surface area (Å²) in [4.78, 5) is 23.8. The maximum atomic E-state index is 12.6. The Balaban J connectivity index is 1.83. The van der Waals surface area contributed by atoms with E-state index in [4.69, 9.17) is 58.5 Å². The lowest BCUT2D eigenvalue weighted by atomic mass is 9.92. The van der Waals surface area contributed by atoms with Gasteiger partial charge < -0.3 is 33.9 Å². The summed E-state index contributed by atoms with van der Waals surface area (Å²) < 4.78 is 24.7. The van der Waals surface area contributed by atoms with Gasteiger partial charge in [-0.15, -0.1) is 0 Å². The van der Waals surface area contributed by atoms with Crippen LogP contribution < -0.4 is 10.4 Å². The molecule has 1 aromatic rings. The van der Waals surface area contributed by atoms with Gasteiger partial charge in [-0.2, -0.15) is 0 Å². The highest BCUT2D eigenvalue weighted by Crippen LogP contribution is 2.37. The number of rotatable bonds is 4. The molecule has 31 heavy (non-hydrogen) atoms. The van der Waals surface area contributed by atoms with Gasteiger partial charge in [0.25, 0.3) is 0 Å². The molecular formula is C18H19Cl3NO9-. The Morgan fingerprint density at radius 3 is 2.58 bits per heavy atom. The highest BCUT2D eigenvalue weighted by Gasteiger charge is 2.57. The number of ether oxygens (including phenoxy) is 5. The first-order valence-corrected chi connectivity index (χ1v) is 10.2. The molecule has 0 saturated carbocycles. The molecule has 2 saturated heterocycles. The van der Waals surface area contributed by atoms with E-state index in [0.717, 1.165) is 6.92 Å². The summed E-state index contributed by atoms with van der Waals surface area (Å²) in [7, 11) is 0. The molecule has 2 fully saturated rings. The Morgan fingerprint density at radius 1 is 1.29 bits per heavy atom. The number of fused-ring (bicyclic) bond motifs is 1. The lowest BCUT2D eigenvalue weighted by Gasteiger charge is -2.55. The molecule has 2 heterocycles. The molecule has 3 rings (SSSR count). The number of nitrogens with one attached hydrogen (secondary N) is 1. The Kier molecular flexibility index (Phi) is 7.54. The molecule has 0 aromatic heterocycles. The second kappa shape index (κ2) is 9.63. The Labute approximate surface area is 192 Å². The van der Waals surface area contributed by atoms with Gasteiger partial charge >= 0.3 is 12.1 Å². The van der Waals surface area contributed by atoms with Crippen molar-refractivity contribution in [1.82, 2.24) is 5.32 Å². The van der Waals surface area contributed by atoms with Crippen LogP contribution in [0.5, 0.6) is 0 Å². The van der Waals surface area contributed by atoms with Crippen LogP contribution in [0.3, 0.4) is 0 Å². The normalized spacial score (nSPS) is 33.2. The molecule has 1 unspecified atom stereocenters. The Hall–Kier alpha value is -1.37. The van der Waals surface area contributed by atoms with E-state index in [-0.39, 0.29) is 6.61 Å². The van der Waals surface area contributed by atoms with Crippen molar-refractivity contribution in [2.75, 3.05) is 13.2 Å². The molecule has 1 aromatic carbocycles. The number of hydrogen-bond donors (Lipinski definition) is 2. The van der Waals surface area contributed by atoms with Gasteiger partial charge in [0.15, 0.2) is 18.1 Å². The Bertz CT molecular complexity index is 793. The highest BCUT2D eigenvalue weighted by molar-refractivity contribution is 6.67. The second-order valence-corrected chi connectivity index (χ2v) is 9.37. The van der Waals surface area contributed by atoms with Crippen LogP contribution >= 0.6 is 34.8 Å². The minimum absolute atomic E-state index is 0.0888. The van der Waals surface area contributed by atoms with Gasteiger partial charge in [-0.25, -0.2) is 4.79 Å². The largest absolute Gasteiger partial charge is 0.827 e.